The minimum atomic E-state index is -0.252. The van der Waals surface area contributed by atoms with Crippen molar-refractivity contribution in [3.05, 3.63) is 34.3 Å². The van der Waals surface area contributed by atoms with Crippen molar-refractivity contribution in [2.24, 2.45) is 0 Å². The molecule has 6 heteroatoms. The van der Waals surface area contributed by atoms with E-state index in [4.69, 9.17) is 9.47 Å². The second-order valence-electron chi connectivity index (χ2n) is 4.18. The number of anilines is 1. The fraction of sp³-hybridized carbons (Fsp3) is 0.286. The molecule has 1 aromatic heterocycles. The van der Waals surface area contributed by atoms with Crippen molar-refractivity contribution in [3.8, 4) is 11.5 Å². The Morgan fingerprint density at radius 3 is 2.55 bits per heavy atom. The Balaban J connectivity index is 2.24. The summed E-state index contributed by atoms with van der Waals surface area (Å²) in [5.41, 5.74) is 1.37. The van der Waals surface area contributed by atoms with E-state index in [1.165, 1.54) is 18.4 Å². The fourth-order valence-electron chi connectivity index (χ4n) is 1.68. The molecule has 1 amide bonds. The molecule has 1 N–H and O–H groups in total. The topological polar surface area (TPSA) is 60.5 Å². The van der Waals surface area contributed by atoms with Gasteiger partial charge >= 0.3 is 0 Å². The third kappa shape index (κ3) is 2.91. The highest BCUT2D eigenvalue weighted by atomic mass is 32.1. The zero-order valence-corrected chi connectivity index (χ0v) is 12.6. The fourth-order valence-corrected chi connectivity index (χ4v) is 2.49. The van der Waals surface area contributed by atoms with Crippen molar-refractivity contribution in [3.63, 3.8) is 0 Å². The first-order valence-corrected chi connectivity index (χ1v) is 6.84. The number of ether oxygens (including phenoxy) is 2. The smallest absolute Gasteiger partial charge is 0.261 e. The van der Waals surface area contributed by atoms with Crippen molar-refractivity contribution in [2.75, 3.05) is 19.5 Å². The molecule has 0 aliphatic heterocycles. The predicted molar refractivity (Wildman–Crippen MR) is 79.1 cm³/mol. The lowest BCUT2D eigenvalue weighted by molar-refractivity contribution is 0.102. The maximum Gasteiger partial charge on any atom is 0.261 e. The molecule has 1 aromatic carbocycles. The number of hydrogen-bond acceptors (Lipinski definition) is 5. The van der Waals surface area contributed by atoms with Crippen LogP contribution in [0.1, 0.15) is 20.9 Å². The van der Waals surface area contributed by atoms with Crippen LogP contribution in [-0.4, -0.2) is 25.1 Å². The molecule has 0 aliphatic carbocycles. The molecular formula is C14H16N2O3S. The monoisotopic (exact) mass is 292 g/mol. The summed E-state index contributed by atoms with van der Waals surface area (Å²) in [6, 6.07) is 5.06. The van der Waals surface area contributed by atoms with Crippen LogP contribution in [0.3, 0.4) is 0 Å². The summed E-state index contributed by atoms with van der Waals surface area (Å²) >= 11 is 1.45. The van der Waals surface area contributed by atoms with Gasteiger partial charge in [-0.15, -0.1) is 11.3 Å². The van der Waals surface area contributed by atoms with Gasteiger partial charge in [-0.3, -0.25) is 10.1 Å². The molecule has 5 nitrogen and oxygen atoms in total. The van der Waals surface area contributed by atoms with E-state index < -0.39 is 0 Å². The van der Waals surface area contributed by atoms with Crippen molar-refractivity contribution >= 4 is 22.4 Å². The van der Waals surface area contributed by atoms with Crippen LogP contribution >= 0.6 is 11.3 Å². The average molecular weight is 292 g/mol. The lowest BCUT2D eigenvalue weighted by atomic mass is 10.2. The number of thiazole rings is 1. The van der Waals surface area contributed by atoms with Crippen LogP contribution in [0.5, 0.6) is 11.5 Å². The standard InChI is InChI=1S/C14H16N2O3S/c1-8-9(2)20-14(15-8)16-13(17)11-6-5-10(18-3)7-12(11)19-4/h5-7H,1-4H3,(H,15,16,17). The van der Waals surface area contributed by atoms with E-state index in [1.807, 2.05) is 13.8 Å². The third-order valence-electron chi connectivity index (χ3n) is 2.90. The van der Waals surface area contributed by atoms with E-state index in [-0.39, 0.29) is 5.91 Å². The highest BCUT2D eigenvalue weighted by Gasteiger charge is 2.15. The van der Waals surface area contributed by atoms with E-state index in [2.05, 4.69) is 10.3 Å². The molecule has 0 fully saturated rings. The van der Waals surface area contributed by atoms with Crippen LogP contribution in [0.15, 0.2) is 18.2 Å². The van der Waals surface area contributed by atoms with Crippen molar-refractivity contribution in [2.45, 2.75) is 13.8 Å². The molecule has 0 radical (unpaired) electrons. The molecule has 0 saturated carbocycles. The van der Waals surface area contributed by atoms with Gasteiger partial charge in [-0.05, 0) is 26.0 Å². The largest absolute Gasteiger partial charge is 0.497 e. The first-order chi connectivity index (χ1) is 9.55. The number of aromatic nitrogens is 1. The van der Waals surface area contributed by atoms with E-state index in [0.29, 0.717) is 22.2 Å². The first-order valence-electron chi connectivity index (χ1n) is 6.02. The van der Waals surface area contributed by atoms with Crippen LogP contribution in [0, 0.1) is 13.8 Å². The minimum absolute atomic E-state index is 0.252. The Labute approximate surface area is 121 Å². The van der Waals surface area contributed by atoms with Gasteiger partial charge in [0, 0.05) is 10.9 Å². The maximum atomic E-state index is 12.2. The Bertz CT molecular complexity index is 618. The Hall–Kier alpha value is -2.08. The number of amides is 1. The normalized spacial score (nSPS) is 10.2. The quantitative estimate of drug-likeness (QED) is 0.941. The molecule has 0 spiro atoms. The molecule has 0 aliphatic rings. The Morgan fingerprint density at radius 1 is 1.25 bits per heavy atom. The van der Waals surface area contributed by atoms with Crippen LogP contribution in [-0.2, 0) is 0 Å². The van der Waals surface area contributed by atoms with Gasteiger partial charge in [0.2, 0.25) is 0 Å². The average Bonchev–Trinajstić information content (AvgIpc) is 2.76. The lowest BCUT2D eigenvalue weighted by Gasteiger charge is -2.09. The van der Waals surface area contributed by atoms with Crippen molar-refractivity contribution < 1.29 is 14.3 Å². The van der Waals surface area contributed by atoms with E-state index >= 15 is 0 Å². The molecular weight excluding hydrogens is 276 g/mol. The number of carbonyl (C=O) groups is 1. The van der Waals surface area contributed by atoms with Gasteiger partial charge < -0.3 is 9.47 Å². The van der Waals surface area contributed by atoms with Crippen molar-refractivity contribution in [1.82, 2.24) is 4.98 Å². The Morgan fingerprint density at radius 2 is 2.00 bits per heavy atom. The number of benzene rings is 1. The molecule has 2 aromatic rings. The molecule has 20 heavy (non-hydrogen) atoms. The van der Waals surface area contributed by atoms with Crippen LogP contribution in [0.25, 0.3) is 0 Å². The summed E-state index contributed by atoms with van der Waals surface area (Å²) in [5.74, 6) is 0.851. The van der Waals surface area contributed by atoms with E-state index in [9.17, 15) is 4.79 Å². The van der Waals surface area contributed by atoms with Crippen LogP contribution < -0.4 is 14.8 Å². The molecule has 2 rings (SSSR count). The van der Waals surface area contributed by atoms with Gasteiger partial charge in [-0.25, -0.2) is 4.98 Å². The summed E-state index contributed by atoms with van der Waals surface area (Å²) in [6.07, 6.45) is 0. The number of methoxy groups -OCH3 is 2. The van der Waals surface area contributed by atoms with Crippen molar-refractivity contribution in [1.29, 1.82) is 0 Å². The third-order valence-corrected chi connectivity index (χ3v) is 3.89. The summed E-state index contributed by atoms with van der Waals surface area (Å²) in [5, 5.41) is 3.37. The molecule has 106 valence electrons. The zero-order valence-electron chi connectivity index (χ0n) is 11.8. The van der Waals surface area contributed by atoms with Gasteiger partial charge in [-0.1, -0.05) is 0 Å². The molecule has 1 heterocycles. The number of carbonyl (C=O) groups excluding carboxylic acids is 1. The summed E-state index contributed by atoms with van der Waals surface area (Å²) in [7, 11) is 3.08. The van der Waals surface area contributed by atoms with Crippen LogP contribution in [0.4, 0.5) is 5.13 Å². The second-order valence-corrected chi connectivity index (χ2v) is 5.38. The second kappa shape index (κ2) is 5.92. The SMILES string of the molecule is COc1ccc(C(=O)Nc2nc(C)c(C)s2)c(OC)c1. The number of rotatable bonds is 4. The van der Waals surface area contributed by atoms with E-state index in [1.54, 1.807) is 25.3 Å². The van der Waals surface area contributed by atoms with Gasteiger partial charge in [0.05, 0.1) is 25.5 Å². The lowest BCUT2D eigenvalue weighted by Crippen LogP contribution is -2.13. The summed E-state index contributed by atoms with van der Waals surface area (Å²) in [4.78, 5) is 17.6. The number of aryl methyl sites for hydroxylation is 2. The Kier molecular flexibility index (Phi) is 4.24. The molecule has 0 bridgehead atoms. The summed E-state index contributed by atoms with van der Waals surface area (Å²) < 4.78 is 10.3. The van der Waals surface area contributed by atoms with Gasteiger partial charge in [0.15, 0.2) is 5.13 Å². The van der Waals surface area contributed by atoms with Gasteiger partial charge in [0.1, 0.15) is 11.5 Å². The predicted octanol–water partition coefficient (Wildman–Crippen LogP) is 3.03. The minimum Gasteiger partial charge on any atom is -0.497 e. The van der Waals surface area contributed by atoms with Gasteiger partial charge in [-0.2, -0.15) is 0 Å². The maximum absolute atomic E-state index is 12.2. The molecule has 0 atom stereocenters. The number of nitrogens with zero attached hydrogens (tertiary/aromatic N) is 1. The summed E-state index contributed by atoms with van der Waals surface area (Å²) in [6.45, 7) is 3.88. The van der Waals surface area contributed by atoms with Crippen LogP contribution in [0.2, 0.25) is 0 Å². The molecule has 0 unspecified atom stereocenters. The van der Waals surface area contributed by atoms with E-state index in [0.717, 1.165) is 10.6 Å². The zero-order chi connectivity index (χ0) is 14.7. The highest BCUT2D eigenvalue weighted by molar-refractivity contribution is 7.15. The van der Waals surface area contributed by atoms with Gasteiger partial charge in [0.25, 0.3) is 5.91 Å². The number of hydrogen-bond donors (Lipinski definition) is 1. The number of nitrogens with one attached hydrogen (secondary N) is 1. The highest BCUT2D eigenvalue weighted by Crippen LogP contribution is 2.27. The molecule has 0 saturated heterocycles. The first kappa shape index (κ1) is 14.3.